The van der Waals surface area contributed by atoms with Crippen LogP contribution in [-0.2, 0) is 39.0 Å². The SMILES string of the molecule is CCc1ccc(N(CCCC(=O)N(Cc2ccccc2)C(Cc2ccccc2)C(=O)NC(C)C)S(C)(=O)=O)cc1. The summed E-state index contributed by atoms with van der Waals surface area (Å²) in [6, 6.07) is 25.9. The quantitative estimate of drug-likeness (QED) is 0.300. The van der Waals surface area contributed by atoms with E-state index >= 15 is 0 Å². The second kappa shape index (κ2) is 14.7. The molecule has 0 aliphatic rings. The number of amides is 2. The van der Waals surface area contributed by atoms with E-state index in [1.807, 2.05) is 93.6 Å². The third kappa shape index (κ3) is 9.23. The lowest BCUT2D eigenvalue weighted by Gasteiger charge is -2.32. The van der Waals surface area contributed by atoms with Crippen LogP contribution in [0.1, 0.15) is 50.3 Å². The largest absolute Gasteiger partial charge is 0.352 e. The Morgan fingerprint density at radius 1 is 0.825 bits per heavy atom. The summed E-state index contributed by atoms with van der Waals surface area (Å²) < 4.78 is 26.6. The molecule has 0 spiro atoms. The van der Waals surface area contributed by atoms with Crippen LogP contribution in [0.2, 0.25) is 0 Å². The van der Waals surface area contributed by atoms with Crippen molar-refractivity contribution < 1.29 is 18.0 Å². The highest BCUT2D eigenvalue weighted by molar-refractivity contribution is 7.92. The maximum Gasteiger partial charge on any atom is 0.243 e. The van der Waals surface area contributed by atoms with E-state index < -0.39 is 16.1 Å². The van der Waals surface area contributed by atoms with Crippen molar-refractivity contribution in [1.29, 1.82) is 0 Å². The van der Waals surface area contributed by atoms with Gasteiger partial charge in [-0.05, 0) is 55.5 Å². The predicted molar refractivity (Wildman–Crippen MR) is 161 cm³/mol. The van der Waals surface area contributed by atoms with Crippen LogP contribution >= 0.6 is 0 Å². The van der Waals surface area contributed by atoms with Crippen molar-refractivity contribution in [1.82, 2.24) is 10.2 Å². The molecule has 2 amide bonds. The van der Waals surface area contributed by atoms with Gasteiger partial charge in [-0.2, -0.15) is 0 Å². The molecule has 1 N–H and O–H groups in total. The van der Waals surface area contributed by atoms with E-state index in [-0.39, 0.29) is 37.4 Å². The van der Waals surface area contributed by atoms with Crippen LogP contribution in [0.4, 0.5) is 5.69 Å². The molecule has 0 aliphatic carbocycles. The van der Waals surface area contributed by atoms with Gasteiger partial charge >= 0.3 is 0 Å². The summed E-state index contributed by atoms with van der Waals surface area (Å²) in [6.45, 7) is 6.28. The zero-order chi connectivity index (χ0) is 29.1. The van der Waals surface area contributed by atoms with Gasteiger partial charge in [-0.3, -0.25) is 13.9 Å². The van der Waals surface area contributed by atoms with Gasteiger partial charge in [-0.1, -0.05) is 79.7 Å². The molecule has 7 nitrogen and oxygen atoms in total. The van der Waals surface area contributed by atoms with Gasteiger partial charge in [0, 0.05) is 32.0 Å². The molecule has 0 fully saturated rings. The number of carbonyl (C=O) groups is 2. The highest BCUT2D eigenvalue weighted by atomic mass is 32.2. The van der Waals surface area contributed by atoms with Crippen molar-refractivity contribution in [2.45, 2.75) is 65.1 Å². The number of nitrogens with zero attached hydrogens (tertiary/aromatic N) is 2. The Labute approximate surface area is 239 Å². The molecule has 214 valence electrons. The van der Waals surface area contributed by atoms with E-state index in [1.165, 1.54) is 10.6 Å². The van der Waals surface area contributed by atoms with Crippen molar-refractivity contribution in [3.8, 4) is 0 Å². The van der Waals surface area contributed by atoms with E-state index in [0.29, 0.717) is 18.5 Å². The van der Waals surface area contributed by atoms with Crippen LogP contribution in [0.15, 0.2) is 84.9 Å². The molecule has 0 saturated carbocycles. The number of benzene rings is 3. The zero-order valence-electron chi connectivity index (χ0n) is 23.9. The minimum absolute atomic E-state index is 0.0816. The number of sulfonamides is 1. The summed E-state index contributed by atoms with van der Waals surface area (Å²) in [5, 5.41) is 2.99. The molecule has 3 aromatic carbocycles. The van der Waals surface area contributed by atoms with E-state index in [4.69, 9.17) is 0 Å². The summed E-state index contributed by atoms with van der Waals surface area (Å²) in [5.74, 6) is -0.407. The number of anilines is 1. The van der Waals surface area contributed by atoms with Crippen LogP contribution in [0.5, 0.6) is 0 Å². The van der Waals surface area contributed by atoms with Crippen LogP contribution in [0.3, 0.4) is 0 Å². The molecule has 1 unspecified atom stereocenters. The lowest BCUT2D eigenvalue weighted by Crippen LogP contribution is -2.51. The summed E-state index contributed by atoms with van der Waals surface area (Å²) in [7, 11) is -3.54. The van der Waals surface area contributed by atoms with Crippen molar-refractivity contribution in [2.24, 2.45) is 0 Å². The number of hydrogen-bond acceptors (Lipinski definition) is 4. The minimum Gasteiger partial charge on any atom is -0.352 e. The van der Waals surface area contributed by atoms with Crippen LogP contribution in [-0.4, -0.2) is 50.0 Å². The number of nitrogens with one attached hydrogen (secondary N) is 1. The highest BCUT2D eigenvalue weighted by Gasteiger charge is 2.30. The molecule has 8 heteroatoms. The van der Waals surface area contributed by atoms with Crippen LogP contribution in [0.25, 0.3) is 0 Å². The molecule has 0 heterocycles. The standard InChI is InChI=1S/C32H41N3O4S/c1-5-26-18-20-29(21-19-26)35(40(4,38)39)22-12-17-31(36)34(24-28-15-10-7-11-16-28)30(32(37)33-25(2)3)23-27-13-8-6-9-14-27/h6-11,13-16,18-21,25,30H,5,12,17,22-24H2,1-4H3,(H,33,37). The van der Waals surface area contributed by atoms with Crippen molar-refractivity contribution in [3.05, 3.63) is 102 Å². The molecular formula is C32H41N3O4S. The fraction of sp³-hybridized carbons (Fsp3) is 0.375. The molecule has 1 atom stereocenters. The lowest BCUT2D eigenvalue weighted by molar-refractivity contribution is -0.141. The Morgan fingerprint density at radius 3 is 1.93 bits per heavy atom. The maximum absolute atomic E-state index is 13.8. The Morgan fingerprint density at radius 2 is 1.40 bits per heavy atom. The lowest BCUT2D eigenvalue weighted by atomic mass is 10.0. The number of rotatable bonds is 14. The summed E-state index contributed by atoms with van der Waals surface area (Å²) in [6.07, 6.45) is 2.83. The Hall–Kier alpha value is -3.65. The van der Waals surface area contributed by atoms with Gasteiger partial charge in [0.05, 0.1) is 11.9 Å². The van der Waals surface area contributed by atoms with E-state index in [0.717, 1.165) is 23.1 Å². The number of aryl methyl sites for hydroxylation is 1. The zero-order valence-corrected chi connectivity index (χ0v) is 24.7. The maximum atomic E-state index is 13.8. The van der Waals surface area contributed by atoms with E-state index in [2.05, 4.69) is 5.32 Å². The fourth-order valence-electron chi connectivity index (χ4n) is 4.62. The third-order valence-electron chi connectivity index (χ3n) is 6.68. The fourth-order valence-corrected chi connectivity index (χ4v) is 5.58. The van der Waals surface area contributed by atoms with Gasteiger partial charge in [0.25, 0.3) is 0 Å². The molecular weight excluding hydrogens is 522 g/mol. The van der Waals surface area contributed by atoms with Gasteiger partial charge in [-0.15, -0.1) is 0 Å². The third-order valence-corrected chi connectivity index (χ3v) is 7.88. The van der Waals surface area contributed by atoms with E-state index in [1.54, 1.807) is 17.0 Å². The summed E-state index contributed by atoms with van der Waals surface area (Å²) >= 11 is 0. The normalized spacial score (nSPS) is 12.1. The second-order valence-corrected chi connectivity index (χ2v) is 12.2. The second-order valence-electron chi connectivity index (χ2n) is 10.3. The van der Waals surface area contributed by atoms with Crippen LogP contribution in [0, 0.1) is 0 Å². The summed E-state index contributed by atoms with van der Waals surface area (Å²) in [5.41, 5.74) is 3.57. The first-order valence-electron chi connectivity index (χ1n) is 13.8. The Kier molecular flexibility index (Phi) is 11.3. The highest BCUT2D eigenvalue weighted by Crippen LogP contribution is 2.21. The molecule has 0 radical (unpaired) electrons. The number of hydrogen-bond donors (Lipinski definition) is 1. The average Bonchev–Trinajstić information content (AvgIpc) is 2.93. The average molecular weight is 564 g/mol. The number of carbonyl (C=O) groups excluding carboxylic acids is 2. The Bertz CT molecular complexity index is 1330. The topological polar surface area (TPSA) is 86.8 Å². The predicted octanol–water partition coefficient (Wildman–Crippen LogP) is 4.96. The molecule has 0 aromatic heterocycles. The van der Waals surface area contributed by atoms with Crippen molar-refractivity contribution in [2.75, 3.05) is 17.1 Å². The van der Waals surface area contributed by atoms with Crippen molar-refractivity contribution in [3.63, 3.8) is 0 Å². The van der Waals surface area contributed by atoms with Gasteiger partial charge in [-0.25, -0.2) is 8.42 Å². The smallest absolute Gasteiger partial charge is 0.243 e. The van der Waals surface area contributed by atoms with Gasteiger partial charge in [0.1, 0.15) is 6.04 Å². The minimum atomic E-state index is -3.54. The Balaban J connectivity index is 1.84. The molecule has 3 rings (SSSR count). The van der Waals surface area contributed by atoms with E-state index in [9.17, 15) is 18.0 Å². The molecule has 0 aliphatic heterocycles. The molecule has 0 saturated heterocycles. The monoisotopic (exact) mass is 563 g/mol. The first-order chi connectivity index (χ1) is 19.1. The van der Waals surface area contributed by atoms with Crippen molar-refractivity contribution >= 4 is 27.5 Å². The van der Waals surface area contributed by atoms with Gasteiger partial charge in [0.15, 0.2) is 0 Å². The molecule has 40 heavy (non-hydrogen) atoms. The molecule has 0 bridgehead atoms. The first-order valence-corrected chi connectivity index (χ1v) is 15.7. The summed E-state index contributed by atoms with van der Waals surface area (Å²) in [4.78, 5) is 28.9. The molecule has 3 aromatic rings. The van der Waals surface area contributed by atoms with Crippen LogP contribution < -0.4 is 9.62 Å². The first kappa shape index (κ1) is 30.9. The van der Waals surface area contributed by atoms with Gasteiger partial charge < -0.3 is 10.2 Å². The van der Waals surface area contributed by atoms with Gasteiger partial charge in [0.2, 0.25) is 21.8 Å².